The van der Waals surface area contributed by atoms with Gasteiger partial charge in [-0.15, -0.1) is 11.3 Å². The number of aromatic nitrogens is 5. The summed E-state index contributed by atoms with van der Waals surface area (Å²) >= 11 is 7.82. The van der Waals surface area contributed by atoms with Crippen molar-refractivity contribution in [2.24, 2.45) is 0 Å². The Hall–Kier alpha value is -3.11. The molecule has 5 aromatic rings. The standard InChI is InChI=1S/C29H31ClN8S/c1-36-12-14-37(15-13-36)21-7-9-22(10-8-21)38-28-25(27(31)32-17-33-28)26(35-38)18-2-4-19(5-3-18)29-34-23-11-6-20(30)16-24(23)39-29/h2-6,11,16-17,21-22H,7-10,12-15H2,1H3,(H2,31,32,33). The van der Waals surface area contributed by atoms with Gasteiger partial charge < -0.3 is 10.6 Å². The Morgan fingerprint density at radius 2 is 1.62 bits per heavy atom. The van der Waals surface area contributed by atoms with E-state index in [1.807, 2.05) is 18.2 Å². The molecule has 200 valence electrons. The summed E-state index contributed by atoms with van der Waals surface area (Å²) in [5.41, 5.74) is 11.1. The second-order valence-corrected chi connectivity index (χ2v) is 12.2. The summed E-state index contributed by atoms with van der Waals surface area (Å²) in [5.74, 6) is 0.472. The summed E-state index contributed by atoms with van der Waals surface area (Å²) in [7, 11) is 2.22. The maximum absolute atomic E-state index is 6.41. The Morgan fingerprint density at radius 3 is 2.38 bits per heavy atom. The number of anilines is 1. The van der Waals surface area contributed by atoms with Crippen molar-refractivity contribution in [1.29, 1.82) is 0 Å². The molecule has 4 heterocycles. The minimum absolute atomic E-state index is 0.313. The van der Waals surface area contributed by atoms with E-state index in [0.29, 0.717) is 17.9 Å². The Kier molecular flexibility index (Phi) is 6.47. The maximum atomic E-state index is 6.41. The number of nitrogen functional groups attached to an aromatic ring is 1. The molecule has 0 amide bonds. The molecule has 3 aromatic heterocycles. The van der Waals surface area contributed by atoms with Gasteiger partial charge in [-0.05, 0) is 50.9 Å². The number of piperazine rings is 1. The molecule has 1 aliphatic carbocycles. The lowest BCUT2D eigenvalue weighted by Gasteiger charge is -2.41. The highest BCUT2D eigenvalue weighted by molar-refractivity contribution is 7.21. The zero-order valence-electron chi connectivity index (χ0n) is 21.9. The molecule has 39 heavy (non-hydrogen) atoms. The molecule has 1 aliphatic heterocycles. The van der Waals surface area contributed by atoms with Crippen molar-refractivity contribution in [3.63, 3.8) is 0 Å². The molecule has 8 nitrogen and oxygen atoms in total. The predicted octanol–water partition coefficient (Wildman–Crippen LogP) is 5.74. The van der Waals surface area contributed by atoms with Crippen LogP contribution in [0, 0.1) is 0 Å². The molecule has 7 rings (SSSR count). The van der Waals surface area contributed by atoms with E-state index in [4.69, 9.17) is 27.4 Å². The Morgan fingerprint density at radius 1 is 0.897 bits per heavy atom. The minimum atomic E-state index is 0.313. The highest BCUT2D eigenvalue weighted by Gasteiger charge is 2.30. The van der Waals surface area contributed by atoms with Crippen LogP contribution in [0.5, 0.6) is 0 Å². The number of likely N-dealkylation sites (N-methyl/N-ethyl adjacent to an activating group) is 1. The number of nitrogens with two attached hydrogens (primary N) is 1. The molecule has 2 aliphatic rings. The first-order chi connectivity index (χ1) is 19.0. The molecular weight excluding hydrogens is 528 g/mol. The second kappa shape index (κ2) is 10.1. The van der Waals surface area contributed by atoms with Crippen LogP contribution in [0.25, 0.3) is 43.1 Å². The monoisotopic (exact) mass is 558 g/mol. The molecule has 2 aromatic carbocycles. The first kappa shape index (κ1) is 24.9. The highest BCUT2D eigenvalue weighted by atomic mass is 35.5. The van der Waals surface area contributed by atoms with Gasteiger partial charge in [0.1, 0.15) is 22.8 Å². The first-order valence-electron chi connectivity index (χ1n) is 13.6. The summed E-state index contributed by atoms with van der Waals surface area (Å²) in [6.07, 6.45) is 6.12. The molecule has 2 fully saturated rings. The smallest absolute Gasteiger partial charge is 0.164 e. The van der Waals surface area contributed by atoms with E-state index < -0.39 is 0 Å². The van der Waals surface area contributed by atoms with Crippen LogP contribution in [0.3, 0.4) is 0 Å². The zero-order chi connectivity index (χ0) is 26.5. The third kappa shape index (κ3) is 4.67. The van der Waals surface area contributed by atoms with E-state index in [9.17, 15) is 0 Å². The van der Waals surface area contributed by atoms with Gasteiger partial charge in [0.25, 0.3) is 0 Å². The highest BCUT2D eigenvalue weighted by Crippen LogP contribution is 2.38. The number of fused-ring (bicyclic) bond motifs is 2. The zero-order valence-corrected chi connectivity index (χ0v) is 23.5. The third-order valence-electron chi connectivity index (χ3n) is 8.34. The van der Waals surface area contributed by atoms with Crippen LogP contribution in [-0.4, -0.2) is 73.8 Å². The van der Waals surface area contributed by atoms with E-state index >= 15 is 0 Å². The van der Waals surface area contributed by atoms with Gasteiger partial charge in [-0.2, -0.15) is 5.10 Å². The topological polar surface area (TPSA) is 89.0 Å². The average molecular weight is 559 g/mol. The normalized spacial score (nSPS) is 21.2. The van der Waals surface area contributed by atoms with Gasteiger partial charge in [0.2, 0.25) is 0 Å². The Labute approximate surface area is 236 Å². The van der Waals surface area contributed by atoms with Gasteiger partial charge in [0, 0.05) is 48.4 Å². The third-order valence-corrected chi connectivity index (χ3v) is 9.64. The fourth-order valence-electron chi connectivity index (χ4n) is 6.10. The fourth-order valence-corrected chi connectivity index (χ4v) is 7.35. The number of benzene rings is 2. The van der Waals surface area contributed by atoms with Crippen LogP contribution < -0.4 is 5.73 Å². The van der Waals surface area contributed by atoms with Crippen LogP contribution >= 0.6 is 22.9 Å². The van der Waals surface area contributed by atoms with Gasteiger partial charge >= 0.3 is 0 Å². The lowest BCUT2D eigenvalue weighted by molar-refractivity contribution is 0.0815. The van der Waals surface area contributed by atoms with Gasteiger partial charge in [0.15, 0.2) is 5.65 Å². The van der Waals surface area contributed by atoms with Crippen molar-refractivity contribution < 1.29 is 0 Å². The molecule has 2 N–H and O–H groups in total. The van der Waals surface area contributed by atoms with Crippen molar-refractivity contribution in [3.05, 3.63) is 53.8 Å². The average Bonchev–Trinajstić information content (AvgIpc) is 3.56. The number of nitrogens with zero attached hydrogens (tertiary/aromatic N) is 7. The Balaban J connectivity index is 1.16. The van der Waals surface area contributed by atoms with Crippen LogP contribution in [0.2, 0.25) is 5.02 Å². The second-order valence-electron chi connectivity index (χ2n) is 10.8. The van der Waals surface area contributed by atoms with E-state index in [2.05, 4.69) is 55.8 Å². The SMILES string of the molecule is CN1CCN(C2CCC(n3nc(-c4ccc(-c5nc6ccc(Cl)cc6s5)cc4)c4c(N)ncnc43)CC2)CC1. The van der Waals surface area contributed by atoms with Gasteiger partial charge in [0.05, 0.1) is 21.6 Å². The van der Waals surface area contributed by atoms with Crippen molar-refractivity contribution in [2.45, 2.75) is 37.8 Å². The van der Waals surface area contributed by atoms with Crippen LogP contribution in [0.4, 0.5) is 5.82 Å². The molecule has 0 bridgehead atoms. The molecule has 0 spiro atoms. The summed E-state index contributed by atoms with van der Waals surface area (Å²) in [4.78, 5) is 18.9. The first-order valence-corrected chi connectivity index (χ1v) is 14.8. The quantitative estimate of drug-likeness (QED) is 0.301. The Bertz CT molecular complexity index is 1630. The summed E-state index contributed by atoms with van der Waals surface area (Å²) < 4.78 is 3.20. The molecule has 1 saturated carbocycles. The van der Waals surface area contributed by atoms with Crippen LogP contribution in [-0.2, 0) is 0 Å². The number of halogens is 1. The van der Waals surface area contributed by atoms with E-state index in [0.717, 1.165) is 74.0 Å². The fraction of sp³-hybridized carbons (Fsp3) is 0.379. The summed E-state index contributed by atoms with van der Waals surface area (Å²) in [6, 6.07) is 15.2. The summed E-state index contributed by atoms with van der Waals surface area (Å²) in [6.45, 7) is 4.67. The van der Waals surface area contributed by atoms with Crippen LogP contribution in [0.1, 0.15) is 31.7 Å². The van der Waals surface area contributed by atoms with Crippen molar-refractivity contribution in [1.82, 2.24) is 34.5 Å². The lowest BCUT2D eigenvalue weighted by Crippen LogP contribution is -2.49. The van der Waals surface area contributed by atoms with E-state index in [-0.39, 0.29) is 0 Å². The number of rotatable bonds is 4. The van der Waals surface area contributed by atoms with E-state index in [1.165, 1.54) is 25.9 Å². The number of hydrogen-bond donors (Lipinski definition) is 1. The van der Waals surface area contributed by atoms with Crippen molar-refractivity contribution >= 4 is 50.0 Å². The van der Waals surface area contributed by atoms with E-state index in [1.54, 1.807) is 17.7 Å². The van der Waals surface area contributed by atoms with Gasteiger partial charge in [-0.25, -0.2) is 19.6 Å². The van der Waals surface area contributed by atoms with Gasteiger partial charge in [-0.3, -0.25) is 4.90 Å². The molecule has 0 radical (unpaired) electrons. The van der Waals surface area contributed by atoms with Gasteiger partial charge in [-0.1, -0.05) is 35.9 Å². The number of hydrogen-bond acceptors (Lipinski definition) is 8. The van der Waals surface area contributed by atoms with Crippen molar-refractivity contribution in [3.8, 4) is 21.8 Å². The largest absolute Gasteiger partial charge is 0.383 e. The minimum Gasteiger partial charge on any atom is -0.383 e. The maximum Gasteiger partial charge on any atom is 0.164 e. The molecule has 0 unspecified atom stereocenters. The molecular formula is C29H31ClN8S. The molecule has 0 atom stereocenters. The molecule has 1 saturated heterocycles. The van der Waals surface area contributed by atoms with Crippen LogP contribution in [0.15, 0.2) is 48.8 Å². The van der Waals surface area contributed by atoms with Crippen molar-refractivity contribution in [2.75, 3.05) is 39.0 Å². The predicted molar refractivity (Wildman–Crippen MR) is 159 cm³/mol. The number of thiazole rings is 1. The summed E-state index contributed by atoms with van der Waals surface area (Å²) in [5, 5.41) is 7.65. The lowest BCUT2D eigenvalue weighted by atomic mass is 9.90. The molecule has 10 heteroatoms.